The molecule has 0 amide bonds. The third-order valence-electron chi connectivity index (χ3n) is 11.8. The molecule has 0 saturated heterocycles. The molecule has 6 heteroatoms. The molecule has 8 aromatic carbocycles. The van der Waals surface area contributed by atoms with Gasteiger partial charge in [0, 0.05) is 0 Å². The zero-order chi connectivity index (χ0) is 43.4. The van der Waals surface area contributed by atoms with E-state index in [0.29, 0.717) is 0 Å². The summed E-state index contributed by atoms with van der Waals surface area (Å²) in [5.74, 6) is 0. The standard InChI is InChI=1S/C58H60P6/c1-9-25-51(26-10-1)61(52-27-11-2-12-28-52)47-43-59(44-48-62(53-29-13-3-14-30-53)54-31-15-4-16-32-54)41-42-60(45-49-63(55-33-17-5-18-34-55)56-35-19-6-20-36-56)46-50-64(57-37-21-7-22-38-57)58-39-23-8-24-40-58/h1-40H,41-50H2. The van der Waals surface area contributed by atoms with Crippen molar-refractivity contribution in [3.8, 4) is 0 Å². The smallest absolute Gasteiger partial charge is 0.0195 e. The summed E-state index contributed by atoms with van der Waals surface area (Å²) in [5, 5.41) is 12.1. The van der Waals surface area contributed by atoms with Gasteiger partial charge in [0.25, 0.3) is 0 Å². The molecule has 8 rings (SSSR count). The highest BCUT2D eigenvalue weighted by atomic mass is 31.1. The quantitative estimate of drug-likeness (QED) is 0.0561. The van der Waals surface area contributed by atoms with Crippen LogP contribution < -0.4 is 42.4 Å². The molecule has 0 fully saturated rings. The van der Waals surface area contributed by atoms with Gasteiger partial charge in [-0.2, -0.15) is 0 Å². The molecule has 0 atom stereocenters. The Morgan fingerprint density at radius 3 is 0.422 bits per heavy atom. The lowest BCUT2D eigenvalue weighted by molar-refractivity contribution is 1.32. The van der Waals surface area contributed by atoms with Crippen molar-refractivity contribution >= 4 is 90.0 Å². The van der Waals surface area contributed by atoms with Crippen molar-refractivity contribution in [2.24, 2.45) is 0 Å². The van der Waals surface area contributed by atoms with Gasteiger partial charge in [0.15, 0.2) is 0 Å². The van der Waals surface area contributed by atoms with Crippen LogP contribution >= 0.6 is 47.5 Å². The number of hydrogen-bond acceptors (Lipinski definition) is 0. The summed E-state index contributed by atoms with van der Waals surface area (Å²) in [6.07, 6.45) is 13.2. The second-order valence-corrected chi connectivity index (χ2v) is 30.7. The van der Waals surface area contributed by atoms with Crippen LogP contribution in [0.1, 0.15) is 0 Å². The molecule has 0 aliphatic rings. The maximum absolute atomic E-state index is 2.39. The molecular weight excluding hydrogens is 882 g/mol. The fourth-order valence-electron chi connectivity index (χ4n) is 8.41. The SMILES string of the molecule is c1ccc(P(CCP(CCP(CCP(c2ccccc2)c2ccccc2)CCP(c2ccccc2)c2ccccc2)CCP(c2ccccc2)c2ccccc2)c2ccccc2)cc1. The summed E-state index contributed by atoms with van der Waals surface area (Å²) in [6.45, 7) is 0. The highest BCUT2D eigenvalue weighted by Crippen LogP contribution is 2.51. The highest BCUT2D eigenvalue weighted by Gasteiger charge is 2.24. The van der Waals surface area contributed by atoms with Crippen LogP contribution in [-0.2, 0) is 0 Å². The van der Waals surface area contributed by atoms with E-state index in [0.717, 1.165) is 0 Å². The summed E-state index contributed by atoms with van der Waals surface area (Å²) in [6, 6.07) is 91.6. The summed E-state index contributed by atoms with van der Waals surface area (Å²) in [5.41, 5.74) is 0. The molecule has 8 aromatic rings. The summed E-state index contributed by atoms with van der Waals surface area (Å²) < 4.78 is 0. The van der Waals surface area contributed by atoms with Crippen molar-refractivity contribution in [1.82, 2.24) is 0 Å². The van der Waals surface area contributed by atoms with E-state index >= 15 is 0 Å². The average molecular weight is 943 g/mol. The Labute approximate surface area is 391 Å². The second kappa shape index (κ2) is 25.9. The van der Waals surface area contributed by atoms with Crippen molar-refractivity contribution in [2.45, 2.75) is 0 Å². The normalized spacial score (nSPS) is 11.7. The number of hydrogen-bond donors (Lipinski definition) is 0. The van der Waals surface area contributed by atoms with Crippen molar-refractivity contribution < 1.29 is 0 Å². The minimum Gasteiger partial charge on any atom is -0.106 e. The second-order valence-electron chi connectivity index (χ2n) is 16.0. The van der Waals surface area contributed by atoms with E-state index in [1.165, 1.54) is 104 Å². The van der Waals surface area contributed by atoms with Gasteiger partial charge in [-0.25, -0.2) is 0 Å². The van der Waals surface area contributed by atoms with Crippen molar-refractivity contribution in [1.29, 1.82) is 0 Å². The van der Waals surface area contributed by atoms with E-state index in [2.05, 4.69) is 243 Å². The molecule has 0 unspecified atom stereocenters. The molecule has 0 saturated carbocycles. The van der Waals surface area contributed by atoms with Crippen molar-refractivity contribution in [3.05, 3.63) is 243 Å². The third kappa shape index (κ3) is 13.9. The van der Waals surface area contributed by atoms with Gasteiger partial charge < -0.3 is 0 Å². The van der Waals surface area contributed by atoms with Crippen LogP contribution in [0.5, 0.6) is 0 Å². The molecule has 0 aliphatic heterocycles. The lowest BCUT2D eigenvalue weighted by atomic mass is 10.4. The largest absolute Gasteiger partial charge is 0.106 e. The van der Waals surface area contributed by atoms with Gasteiger partial charge in [-0.05, 0) is 136 Å². The van der Waals surface area contributed by atoms with Crippen LogP contribution in [0.2, 0.25) is 0 Å². The van der Waals surface area contributed by atoms with Crippen molar-refractivity contribution in [3.63, 3.8) is 0 Å². The van der Waals surface area contributed by atoms with Crippen molar-refractivity contribution in [2.75, 3.05) is 61.6 Å². The molecule has 64 heavy (non-hydrogen) atoms. The fourth-order valence-corrected chi connectivity index (χ4v) is 27.3. The van der Waals surface area contributed by atoms with Crippen LogP contribution in [0, 0.1) is 0 Å². The van der Waals surface area contributed by atoms with Gasteiger partial charge in [0.05, 0.1) is 0 Å². The van der Waals surface area contributed by atoms with E-state index in [4.69, 9.17) is 0 Å². The minimum absolute atomic E-state index is 0.188. The maximum atomic E-state index is 2.39. The van der Waals surface area contributed by atoms with Crippen LogP contribution in [0.4, 0.5) is 0 Å². The molecule has 0 radical (unpaired) electrons. The minimum atomic E-state index is -0.425. The first kappa shape index (κ1) is 46.9. The average Bonchev–Trinajstić information content (AvgIpc) is 3.38. The first-order valence-corrected chi connectivity index (χ1v) is 32.6. The van der Waals surface area contributed by atoms with E-state index in [1.54, 1.807) is 0 Å². The highest BCUT2D eigenvalue weighted by molar-refractivity contribution is 7.76. The van der Waals surface area contributed by atoms with Crippen LogP contribution in [0.15, 0.2) is 243 Å². The fraction of sp³-hybridized carbons (Fsp3) is 0.172. The maximum Gasteiger partial charge on any atom is -0.0195 e. The molecule has 0 N–H and O–H groups in total. The monoisotopic (exact) mass is 942 g/mol. The van der Waals surface area contributed by atoms with E-state index < -0.39 is 31.7 Å². The van der Waals surface area contributed by atoms with Crippen LogP contribution in [-0.4, -0.2) is 61.6 Å². The predicted molar refractivity (Wildman–Crippen MR) is 299 cm³/mol. The zero-order valence-corrected chi connectivity index (χ0v) is 42.2. The molecule has 0 heterocycles. The lowest BCUT2D eigenvalue weighted by Crippen LogP contribution is -2.19. The van der Waals surface area contributed by atoms with Crippen LogP contribution in [0.3, 0.4) is 0 Å². The lowest BCUT2D eigenvalue weighted by Gasteiger charge is -2.29. The Morgan fingerprint density at radius 1 is 0.156 bits per heavy atom. The van der Waals surface area contributed by atoms with Gasteiger partial charge in [-0.1, -0.05) is 243 Å². The predicted octanol–water partition coefficient (Wildman–Crippen LogP) is 12.5. The summed E-state index contributed by atoms with van der Waals surface area (Å²) in [7, 11) is -2.08. The van der Waals surface area contributed by atoms with Crippen LogP contribution in [0.25, 0.3) is 0 Å². The van der Waals surface area contributed by atoms with Gasteiger partial charge in [0.1, 0.15) is 0 Å². The molecule has 0 aromatic heterocycles. The molecule has 0 bridgehead atoms. The van der Waals surface area contributed by atoms with Gasteiger partial charge >= 0.3 is 0 Å². The van der Waals surface area contributed by atoms with E-state index in [1.807, 2.05) is 0 Å². The molecule has 0 aliphatic carbocycles. The van der Waals surface area contributed by atoms with E-state index in [9.17, 15) is 0 Å². The topological polar surface area (TPSA) is 0 Å². The zero-order valence-electron chi connectivity index (χ0n) is 36.8. The molecular formula is C58H60P6. The Morgan fingerprint density at radius 2 is 0.281 bits per heavy atom. The summed E-state index contributed by atoms with van der Waals surface area (Å²) in [4.78, 5) is 0. The number of rotatable bonds is 23. The van der Waals surface area contributed by atoms with Gasteiger partial charge in [-0.15, -0.1) is 15.8 Å². The first-order valence-electron chi connectivity index (χ1n) is 22.7. The molecule has 322 valence electrons. The first-order chi connectivity index (χ1) is 31.8. The molecule has 0 spiro atoms. The number of benzene rings is 8. The Kier molecular flexibility index (Phi) is 18.9. The molecule has 0 nitrogen and oxygen atoms in total. The van der Waals surface area contributed by atoms with Gasteiger partial charge in [0.2, 0.25) is 0 Å². The Hall–Kier alpha value is -3.66. The van der Waals surface area contributed by atoms with Gasteiger partial charge in [-0.3, -0.25) is 0 Å². The Balaban J connectivity index is 1.08. The van der Waals surface area contributed by atoms with E-state index in [-0.39, 0.29) is 15.8 Å². The Bertz CT molecular complexity index is 1950. The third-order valence-corrected chi connectivity index (χ3v) is 28.8. The summed E-state index contributed by atoms with van der Waals surface area (Å²) >= 11 is 0.